The van der Waals surface area contributed by atoms with E-state index in [0.717, 1.165) is 23.7 Å². The van der Waals surface area contributed by atoms with Crippen molar-refractivity contribution in [2.75, 3.05) is 0 Å². The van der Waals surface area contributed by atoms with E-state index in [9.17, 15) is 5.11 Å². The zero-order chi connectivity index (χ0) is 12.0. The Hall–Kier alpha value is -0.810. The standard InChI is InChI=1S/C12H19N3OS/c1-9-14-10-7-13-8-15(10)17(9)11(16)12(2)5-3-4-6-12/h7-8,11,16-17H,3-6H2,1-2H3. The summed E-state index contributed by atoms with van der Waals surface area (Å²) in [5.74, 6) is 0.897. The van der Waals surface area contributed by atoms with Gasteiger partial charge in [0.25, 0.3) is 0 Å². The van der Waals surface area contributed by atoms with Gasteiger partial charge in [-0.25, -0.2) is 9.98 Å². The second-order valence-electron chi connectivity index (χ2n) is 5.33. The molecule has 1 aromatic heterocycles. The van der Waals surface area contributed by atoms with Gasteiger partial charge in [-0.1, -0.05) is 19.8 Å². The number of imidazole rings is 1. The van der Waals surface area contributed by atoms with E-state index in [0.29, 0.717) is 0 Å². The number of fused-ring (bicyclic) bond motifs is 1. The van der Waals surface area contributed by atoms with E-state index in [1.165, 1.54) is 12.8 Å². The lowest BCUT2D eigenvalue weighted by molar-refractivity contribution is 0.115. The van der Waals surface area contributed by atoms with Gasteiger partial charge in [0.2, 0.25) is 0 Å². The number of aromatic nitrogens is 2. The largest absolute Gasteiger partial charge is 0.382 e. The summed E-state index contributed by atoms with van der Waals surface area (Å²) < 4.78 is 2.07. The average molecular weight is 253 g/mol. The summed E-state index contributed by atoms with van der Waals surface area (Å²) in [5, 5.41) is 11.8. The molecule has 0 saturated heterocycles. The quantitative estimate of drug-likeness (QED) is 0.796. The van der Waals surface area contributed by atoms with Gasteiger partial charge in [0, 0.05) is 5.41 Å². The molecule has 2 unspecified atom stereocenters. The van der Waals surface area contributed by atoms with Crippen LogP contribution in [-0.2, 0) is 0 Å². The van der Waals surface area contributed by atoms with Crippen LogP contribution < -0.4 is 0 Å². The molecule has 2 heterocycles. The van der Waals surface area contributed by atoms with Crippen molar-refractivity contribution in [1.29, 1.82) is 0 Å². The third-order valence-corrected chi connectivity index (χ3v) is 6.66. The molecule has 1 saturated carbocycles. The first-order valence-corrected chi connectivity index (χ1v) is 7.53. The Morgan fingerprint density at radius 2 is 2.18 bits per heavy atom. The van der Waals surface area contributed by atoms with Crippen molar-refractivity contribution in [3.8, 4) is 0 Å². The van der Waals surface area contributed by atoms with E-state index >= 15 is 0 Å². The van der Waals surface area contributed by atoms with Gasteiger partial charge in [-0.15, -0.1) is 11.1 Å². The fourth-order valence-corrected chi connectivity index (χ4v) is 5.37. The van der Waals surface area contributed by atoms with Crippen LogP contribution in [0.1, 0.15) is 39.5 Å². The van der Waals surface area contributed by atoms with Gasteiger partial charge in [0.1, 0.15) is 11.8 Å². The highest BCUT2D eigenvalue weighted by atomic mass is 32.2. The molecule has 17 heavy (non-hydrogen) atoms. The fraction of sp³-hybridized carbons (Fsp3) is 0.667. The van der Waals surface area contributed by atoms with Gasteiger partial charge in [0.05, 0.1) is 11.2 Å². The lowest BCUT2D eigenvalue weighted by atomic mass is 9.90. The number of aliphatic hydroxyl groups excluding tert-OH is 1. The SMILES string of the molecule is CC1=Nc2cncn2[SH]1C(O)C1(C)CCCC1. The van der Waals surface area contributed by atoms with Crippen LogP contribution in [0.25, 0.3) is 0 Å². The Morgan fingerprint density at radius 3 is 2.88 bits per heavy atom. The number of hydrogen-bond donors (Lipinski definition) is 2. The summed E-state index contributed by atoms with van der Waals surface area (Å²) in [6, 6.07) is 0. The van der Waals surface area contributed by atoms with Crippen molar-refractivity contribution in [2.45, 2.75) is 45.0 Å². The van der Waals surface area contributed by atoms with Crippen molar-refractivity contribution in [2.24, 2.45) is 10.4 Å². The normalized spacial score (nSPS) is 30.1. The van der Waals surface area contributed by atoms with Crippen molar-refractivity contribution < 1.29 is 5.11 Å². The van der Waals surface area contributed by atoms with E-state index in [4.69, 9.17) is 0 Å². The summed E-state index contributed by atoms with van der Waals surface area (Å²) in [4.78, 5) is 8.62. The number of rotatable bonds is 2. The molecule has 0 amide bonds. The zero-order valence-electron chi connectivity index (χ0n) is 10.3. The molecule has 2 atom stereocenters. The lowest BCUT2D eigenvalue weighted by Crippen LogP contribution is -2.32. The van der Waals surface area contributed by atoms with Gasteiger partial charge in [-0.3, -0.25) is 3.97 Å². The second kappa shape index (κ2) is 3.85. The molecular formula is C12H19N3OS. The highest BCUT2D eigenvalue weighted by molar-refractivity contribution is 8.29. The van der Waals surface area contributed by atoms with Crippen LogP contribution in [0, 0.1) is 5.41 Å². The molecule has 1 fully saturated rings. The van der Waals surface area contributed by atoms with Crippen LogP contribution in [0.5, 0.6) is 0 Å². The average Bonchev–Trinajstić information content (AvgIpc) is 2.93. The minimum absolute atomic E-state index is 0.0639. The van der Waals surface area contributed by atoms with Crippen LogP contribution in [0.3, 0.4) is 0 Å². The molecule has 94 valence electrons. The van der Waals surface area contributed by atoms with E-state index in [1.807, 2.05) is 13.3 Å². The first kappa shape index (κ1) is 11.3. The second-order valence-corrected chi connectivity index (χ2v) is 7.59. The molecular weight excluding hydrogens is 234 g/mol. The van der Waals surface area contributed by atoms with E-state index < -0.39 is 11.1 Å². The van der Waals surface area contributed by atoms with Crippen LogP contribution in [0.2, 0.25) is 0 Å². The summed E-state index contributed by atoms with van der Waals surface area (Å²) in [6.07, 6.45) is 8.32. The molecule has 4 nitrogen and oxygen atoms in total. The molecule has 0 radical (unpaired) electrons. The van der Waals surface area contributed by atoms with Crippen molar-refractivity contribution in [3.63, 3.8) is 0 Å². The van der Waals surface area contributed by atoms with Gasteiger partial charge >= 0.3 is 0 Å². The predicted octanol–water partition coefficient (Wildman–Crippen LogP) is 2.61. The minimum atomic E-state index is -0.746. The number of thiol groups is 1. The molecule has 0 spiro atoms. The Kier molecular flexibility index (Phi) is 2.56. The van der Waals surface area contributed by atoms with Gasteiger partial charge in [-0.2, -0.15) is 0 Å². The Balaban J connectivity index is 1.93. The summed E-state index contributed by atoms with van der Waals surface area (Å²) in [7, 11) is 0. The molecule has 2 aliphatic rings. The van der Waals surface area contributed by atoms with E-state index in [1.54, 1.807) is 6.20 Å². The first-order valence-electron chi connectivity index (χ1n) is 6.17. The molecule has 0 aromatic carbocycles. The maximum atomic E-state index is 10.7. The first-order chi connectivity index (χ1) is 8.12. The Morgan fingerprint density at radius 1 is 1.47 bits per heavy atom. The maximum Gasteiger partial charge on any atom is 0.162 e. The lowest BCUT2D eigenvalue weighted by Gasteiger charge is -2.37. The van der Waals surface area contributed by atoms with Crippen molar-refractivity contribution in [3.05, 3.63) is 12.5 Å². The van der Waals surface area contributed by atoms with Crippen LogP contribution >= 0.6 is 11.1 Å². The van der Waals surface area contributed by atoms with Gasteiger partial charge in [0.15, 0.2) is 5.82 Å². The van der Waals surface area contributed by atoms with Crippen molar-refractivity contribution in [1.82, 2.24) is 8.96 Å². The molecule has 1 aliphatic carbocycles. The van der Waals surface area contributed by atoms with Crippen LogP contribution in [0.4, 0.5) is 5.82 Å². The number of hydrogen-bond acceptors (Lipinski definition) is 3. The van der Waals surface area contributed by atoms with Gasteiger partial charge < -0.3 is 5.11 Å². The fourth-order valence-electron chi connectivity index (χ4n) is 2.93. The molecule has 1 N–H and O–H groups in total. The summed E-state index contributed by atoms with van der Waals surface area (Å²) in [5.41, 5.74) is -0.229. The molecule has 5 heteroatoms. The van der Waals surface area contributed by atoms with Crippen LogP contribution in [0.15, 0.2) is 17.5 Å². The predicted molar refractivity (Wildman–Crippen MR) is 72.0 cm³/mol. The molecule has 3 rings (SSSR count). The number of aliphatic imine (C=N–C) groups is 1. The smallest absolute Gasteiger partial charge is 0.162 e. The summed E-state index contributed by atoms with van der Waals surface area (Å²) >= 11 is -0.746. The Bertz CT molecular complexity index is 462. The topological polar surface area (TPSA) is 50.4 Å². The molecule has 0 bridgehead atoms. The highest BCUT2D eigenvalue weighted by Gasteiger charge is 2.42. The third-order valence-electron chi connectivity index (χ3n) is 4.04. The zero-order valence-corrected chi connectivity index (χ0v) is 11.2. The third kappa shape index (κ3) is 1.64. The molecule has 1 aromatic rings. The maximum absolute atomic E-state index is 10.7. The van der Waals surface area contributed by atoms with Gasteiger partial charge in [-0.05, 0) is 19.8 Å². The highest BCUT2D eigenvalue weighted by Crippen LogP contribution is 2.54. The number of nitrogens with zero attached hydrogens (tertiary/aromatic N) is 3. The van der Waals surface area contributed by atoms with E-state index in [-0.39, 0.29) is 10.9 Å². The van der Waals surface area contributed by atoms with E-state index in [2.05, 4.69) is 20.9 Å². The minimum Gasteiger partial charge on any atom is -0.382 e. The van der Waals surface area contributed by atoms with Crippen LogP contribution in [-0.4, -0.2) is 24.5 Å². The monoisotopic (exact) mass is 253 g/mol. The Labute approximate surface area is 104 Å². The summed E-state index contributed by atoms with van der Waals surface area (Å²) in [6.45, 7) is 4.25. The van der Waals surface area contributed by atoms with Crippen molar-refractivity contribution >= 4 is 21.9 Å². The molecule has 1 aliphatic heterocycles. The number of aliphatic hydroxyl groups is 1.